The maximum Gasteiger partial charge on any atom is 0.0774 e. The topological polar surface area (TPSA) is 26.7 Å². The molecular weight excluding hydrogens is 304 g/mol. The lowest BCUT2D eigenvalue weighted by molar-refractivity contribution is 0.161. The molecule has 3 heterocycles. The number of fused-ring (bicyclic) bond motifs is 2. The van der Waals surface area contributed by atoms with Gasteiger partial charge in [-0.15, -0.1) is 11.3 Å². The maximum absolute atomic E-state index is 9.21. The minimum Gasteiger partial charge on any atom is -0.391 e. The van der Waals surface area contributed by atoms with Gasteiger partial charge in [0.15, 0.2) is 0 Å². The molecule has 0 unspecified atom stereocenters. The third kappa shape index (κ3) is 2.69. The number of thiophene rings is 1. The molecule has 0 saturated carbocycles. The predicted octanol–water partition coefficient (Wildman–Crippen LogP) is 3.22. The van der Waals surface area contributed by atoms with Gasteiger partial charge in [0.1, 0.15) is 0 Å². The van der Waals surface area contributed by atoms with Gasteiger partial charge in [-0.1, -0.05) is 18.2 Å². The van der Waals surface area contributed by atoms with Gasteiger partial charge in [-0.2, -0.15) is 0 Å². The fourth-order valence-electron chi connectivity index (χ4n) is 4.26. The van der Waals surface area contributed by atoms with E-state index in [1.165, 1.54) is 23.4 Å². The van der Waals surface area contributed by atoms with Crippen molar-refractivity contribution in [2.75, 3.05) is 31.6 Å². The Morgan fingerprint density at radius 3 is 2.57 bits per heavy atom. The Bertz CT molecular complexity index is 688. The van der Waals surface area contributed by atoms with Crippen molar-refractivity contribution in [3.05, 3.63) is 51.7 Å². The van der Waals surface area contributed by atoms with Crippen molar-refractivity contribution >= 4 is 17.0 Å². The summed E-state index contributed by atoms with van der Waals surface area (Å²) >= 11 is 1.74. The maximum atomic E-state index is 9.21. The van der Waals surface area contributed by atoms with Crippen LogP contribution in [0.4, 0.5) is 5.69 Å². The summed E-state index contributed by atoms with van der Waals surface area (Å²) in [5, 5.41) is 9.21. The Morgan fingerprint density at radius 2 is 1.83 bits per heavy atom. The smallest absolute Gasteiger partial charge is 0.0774 e. The van der Waals surface area contributed by atoms with Crippen LogP contribution >= 0.6 is 11.3 Å². The van der Waals surface area contributed by atoms with Gasteiger partial charge in [0.05, 0.1) is 6.61 Å². The first-order valence-corrected chi connectivity index (χ1v) is 9.23. The van der Waals surface area contributed by atoms with Gasteiger partial charge in [0.2, 0.25) is 0 Å². The molecule has 0 atom stereocenters. The highest BCUT2D eigenvalue weighted by molar-refractivity contribution is 7.11. The van der Waals surface area contributed by atoms with Crippen LogP contribution in [0.5, 0.6) is 0 Å². The summed E-state index contributed by atoms with van der Waals surface area (Å²) in [6, 6.07) is 13.2. The average molecular weight is 328 g/mol. The van der Waals surface area contributed by atoms with Crippen LogP contribution in [-0.4, -0.2) is 36.7 Å². The molecule has 0 aliphatic carbocycles. The monoisotopic (exact) mass is 328 g/mol. The Balaban J connectivity index is 1.45. The van der Waals surface area contributed by atoms with Crippen LogP contribution in [0.25, 0.3) is 0 Å². The zero-order chi connectivity index (χ0) is 15.9. The highest BCUT2D eigenvalue weighted by Crippen LogP contribution is 2.46. The second-order valence-corrected chi connectivity index (χ2v) is 8.21. The van der Waals surface area contributed by atoms with Gasteiger partial charge >= 0.3 is 0 Å². The minimum absolute atomic E-state index is 0.164. The number of anilines is 1. The van der Waals surface area contributed by atoms with Crippen LogP contribution in [0, 0.1) is 0 Å². The average Bonchev–Trinajstić information content (AvgIpc) is 3.14. The van der Waals surface area contributed by atoms with Gasteiger partial charge in [-0.05, 0) is 49.7 Å². The van der Waals surface area contributed by atoms with E-state index < -0.39 is 0 Å². The summed E-state index contributed by atoms with van der Waals surface area (Å²) in [5.74, 6) is 0. The number of rotatable bonds is 3. The zero-order valence-electron chi connectivity index (χ0n) is 13.7. The first kappa shape index (κ1) is 15.2. The van der Waals surface area contributed by atoms with Crippen molar-refractivity contribution in [3.8, 4) is 0 Å². The van der Waals surface area contributed by atoms with Crippen molar-refractivity contribution in [2.45, 2.75) is 31.4 Å². The Morgan fingerprint density at radius 1 is 1.09 bits per heavy atom. The third-order valence-corrected chi connectivity index (χ3v) is 6.55. The molecular formula is C19H24N2OS. The largest absolute Gasteiger partial charge is 0.391 e. The van der Waals surface area contributed by atoms with Crippen LogP contribution in [-0.2, 0) is 18.6 Å². The fourth-order valence-corrected chi connectivity index (χ4v) is 5.18. The lowest BCUT2D eigenvalue weighted by Crippen LogP contribution is -2.44. The van der Waals surface area contributed by atoms with E-state index in [1.807, 2.05) is 6.07 Å². The Kier molecular flexibility index (Phi) is 3.92. The molecule has 4 heteroatoms. The van der Waals surface area contributed by atoms with E-state index in [4.69, 9.17) is 0 Å². The van der Waals surface area contributed by atoms with E-state index in [1.54, 1.807) is 16.9 Å². The quantitative estimate of drug-likeness (QED) is 0.937. The Labute approximate surface area is 142 Å². The number of hydrogen-bond donors (Lipinski definition) is 1. The highest BCUT2D eigenvalue weighted by atomic mass is 32.1. The molecule has 1 saturated heterocycles. The van der Waals surface area contributed by atoms with Gasteiger partial charge in [-0.25, -0.2) is 0 Å². The third-order valence-electron chi connectivity index (χ3n) is 5.49. The summed E-state index contributed by atoms with van der Waals surface area (Å²) in [5.41, 5.74) is 3.33. The highest BCUT2D eigenvalue weighted by Gasteiger charge is 2.43. The number of piperidine rings is 1. The van der Waals surface area contributed by atoms with Crippen molar-refractivity contribution in [1.82, 2.24) is 4.90 Å². The van der Waals surface area contributed by atoms with Gasteiger partial charge in [0.25, 0.3) is 0 Å². The van der Waals surface area contributed by atoms with Crippen molar-refractivity contribution < 1.29 is 5.11 Å². The molecule has 1 aromatic carbocycles. The van der Waals surface area contributed by atoms with Crippen LogP contribution in [0.3, 0.4) is 0 Å². The lowest BCUT2D eigenvalue weighted by atomic mass is 9.74. The molecule has 3 nitrogen and oxygen atoms in total. The number of para-hydroxylation sites is 1. The number of likely N-dealkylation sites (N-methyl/N-ethyl adjacent to an activating group) is 1. The van der Waals surface area contributed by atoms with E-state index in [9.17, 15) is 5.11 Å². The van der Waals surface area contributed by atoms with Crippen LogP contribution in [0.2, 0.25) is 0 Å². The van der Waals surface area contributed by atoms with E-state index in [-0.39, 0.29) is 6.61 Å². The number of benzene rings is 1. The first-order valence-electron chi connectivity index (χ1n) is 8.42. The van der Waals surface area contributed by atoms with Crippen molar-refractivity contribution in [2.24, 2.45) is 0 Å². The van der Waals surface area contributed by atoms with E-state index in [2.05, 4.69) is 47.2 Å². The molecule has 1 N–H and O–H groups in total. The fraction of sp³-hybridized carbons (Fsp3) is 0.474. The first-order chi connectivity index (χ1) is 11.2. The molecule has 0 bridgehead atoms. The molecule has 1 aromatic heterocycles. The number of aliphatic hydroxyl groups excluding tert-OH is 1. The zero-order valence-corrected chi connectivity index (χ0v) is 14.5. The molecule has 1 spiro atoms. The molecule has 0 radical (unpaired) electrons. The van der Waals surface area contributed by atoms with Crippen LogP contribution in [0.1, 0.15) is 28.2 Å². The van der Waals surface area contributed by atoms with Crippen LogP contribution in [0.15, 0.2) is 36.4 Å². The minimum atomic E-state index is 0.164. The summed E-state index contributed by atoms with van der Waals surface area (Å²) < 4.78 is 0. The molecule has 0 amide bonds. The molecule has 1 fully saturated rings. The molecule has 4 rings (SSSR count). The lowest BCUT2D eigenvalue weighted by Gasteiger charge is -2.39. The van der Waals surface area contributed by atoms with Crippen LogP contribution < -0.4 is 4.90 Å². The predicted molar refractivity (Wildman–Crippen MR) is 96.1 cm³/mol. The number of nitrogens with zero attached hydrogens (tertiary/aromatic N) is 2. The van der Waals surface area contributed by atoms with Crippen molar-refractivity contribution in [3.63, 3.8) is 0 Å². The summed E-state index contributed by atoms with van der Waals surface area (Å²) in [6.07, 6.45) is 2.49. The summed E-state index contributed by atoms with van der Waals surface area (Å²) in [4.78, 5) is 7.44. The second-order valence-electron chi connectivity index (χ2n) is 6.96. The Hall–Kier alpha value is -1.36. The SMILES string of the molecule is CN1CC2(CCN(Cc3ccc(CO)s3)CC2)c2ccccc21. The number of likely N-dealkylation sites (tertiary alicyclic amines) is 1. The van der Waals surface area contributed by atoms with Crippen molar-refractivity contribution in [1.29, 1.82) is 0 Å². The number of hydrogen-bond acceptors (Lipinski definition) is 4. The molecule has 2 aliphatic heterocycles. The standard InChI is InChI=1S/C19H24N2OS/c1-20-14-19(17-4-2-3-5-18(17)20)8-10-21(11-9-19)12-15-6-7-16(13-22)23-15/h2-7,22H,8-14H2,1H3. The number of aliphatic hydroxyl groups is 1. The normalized spacial score (nSPS) is 20.2. The van der Waals surface area contributed by atoms with Gasteiger partial charge in [0, 0.05) is 41.0 Å². The van der Waals surface area contributed by atoms with E-state index >= 15 is 0 Å². The van der Waals surface area contributed by atoms with Gasteiger partial charge < -0.3 is 10.0 Å². The molecule has 122 valence electrons. The van der Waals surface area contributed by atoms with E-state index in [0.717, 1.165) is 31.1 Å². The van der Waals surface area contributed by atoms with E-state index in [0.29, 0.717) is 5.41 Å². The summed E-state index contributed by atoms with van der Waals surface area (Å²) in [7, 11) is 2.22. The molecule has 2 aromatic rings. The summed E-state index contributed by atoms with van der Waals surface area (Å²) in [6.45, 7) is 4.67. The van der Waals surface area contributed by atoms with Gasteiger partial charge in [-0.3, -0.25) is 4.90 Å². The molecule has 2 aliphatic rings. The second kappa shape index (κ2) is 5.93. The molecule has 23 heavy (non-hydrogen) atoms.